The first-order valence-corrected chi connectivity index (χ1v) is 7.01. The minimum absolute atomic E-state index is 0.0243. The Kier molecular flexibility index (Phi) is 5.70. The highest BCUT2D eigenvalue weighted by Gasteiger charge is 2.23. The van der Waals surface area contributed by atoms with Crippen molar-refractivity contribution in [3.8, 4) is 0 Å². The number of amides is 1. The number of carboxylic acid groups (broad SMARTS) is 1. The Labute approximate surface area is 125 Å². The van der Waals surface area contributed by atoms with Crippen LogP contribution in [0.5, 0.6) is 0 Å². The molecule has 0 bridgehead atoms. The van der Waals surface area contributed by atoms with Crippen LogP contribution in [0.4, 0.5) is 0 Å². The molecule has 0 heterocycles. The van der Waals surface area contributed by atoms with Crippen LogP contribution in [-0.2, 0) is 4.79 Å². The molecular weight excluding hydrogens is 266 g/mol. The number of carbonyl (C=O) groups excluding carboxylic acids is 1. The summed E-state index contributed by atoms with van der Waals surface area (Å²) in [6, 6.07) is 6.89. The predicted molar refractivity (Wildman–Crippen MR) is 84.1 cm³/mol. The molecule has 0 aliphatic rings. The van der Waals surface area contributed by atoms with E-state index < -0.39 is 5.97 Å². The topological polar surface area (TPSA) is 66.4 Å². The van der Waals surface area contributed by atoms with Crippen LogP contribution in [-0.4, -0.2) is 23.5 Å². The van der Waals surface area contributed by atoms with Crippen molar-refractivity contribution in [2.45, 2.75) is 27.7 Å². The van der Waals surface area contributed by atoms with Gasteiger partial charge in [-0.2, -0.15) is 0 Å². The van der Waals surface area contributed by atoms with Gasteiger partial charge in [0.25, 0.3) is 5.91 Å². The van der Waals surface area contributed by atoms with Crippen LogP contribution >= 0.6 is 0 Å². The summed E-state index contributed by atoms with van der Waals surface area (Å²) in [6.45, 7) is 9.08. The minimum Gasteiger partial charge on any atom is -0.478 e. The lowest BCUT2D eigenvalue weighted by atomic mass is 9.81. The van der Waals surface area contributed by atoms with Gasteiger partial charge in [-0.1, -0.05) is 39.8 Å². The molecule has 1 amide bonds. The average molecular weight is 289 g/mol. The van der Waals surface area contributed by atoms with Crippen LogP contribution in [0.3, 0.4) is 0 Å². The van der Waals surface area contributed by atoms with E-state index in [0.717, 1.165) is 6.08 Å². The van der Waals surface area contributed by atoms with Crippen LogP contribution in [0, 0.1) is 11.3 Å². The highest BCUT2D eigenvalue weighted by atomic mass is 16.4. The third-order valence-electron chi connectivity index (χ3n) is 3.83. The fourth-order valence-electron chi connectivity index (χ4n) is 1.57. The first-order valence-electron chi connectivity index (χ1n) is 7.01. The van der Waals surface area contributed by atoms with Crippen LogP contribution in [0.1, 0.15) is 43.6 Å². The van der Waals surface area contributed by atoms with E-state index in [9.17, 15) is 9.59 Å². The van der Waals surface area contributed by atoms with Gasteiger partial charge < -0.3 is 10.4 Å². The second kappa shape index (κ2) is 7.07. The van der Waals surface area contributed by atoms with E-state index in [2.05, 4.69) is 33.0 Å². The van der Waals surface area contributed by atoms with Gasteiger partial charge in [-0.3, -0.25) is 4.79 Å². The summed E-state index contributed by atoms with van der Waals surface area (Å²) in [5.41, 5.74) is 1.24. The monoisotopic (exact) mass is 289 g/mol. The number of carbonyl (C=O) groups is 2. The van der Waals surface area contributed by atoms with Crippen molar-refractivity contribution in [1.29, 1.82) is 0 Å². The summed E-state index contributed by atoms with van der Waals surface area (Å²) in [4.78, 5) is 22.7. The summed E-state index contributed by atoms with van der Waals surface area (Å²) < 4.78 is 0. The van der Waals surface area contributed by atoms with Crippen LogP contribution in [0.25, 0.3) is 6.08 Å². The van der Waals surface area contributed by atoms with Crippen molar-refractivity contribution in [3.63, 3.8) is 0 Å². The Hall–Kier alpha value is -2.10. The van der Waals surface area contributed by atoms with Crippen LogP contribution < -0.4 is 5.32 Å². The molecule has 0 atom stereocenters. The summed E-state index contributed by atoms with van der Waals surface area (Å²) in [5.74, 6) is -0.694. The molecule has 0 aromatic heterocycles. The van der Waals surface area contributed by atoms with Gasteiger partial charge in [0, 0.05) is 18.2 Å². The standard InChI is InChI=1S/C17H23NO3/c1-12(2)17(3,4)11-18-16(21)14-7-5-6-13(10-14)8-9-15(19)20/h5-10,12H,11H2,1-4H3,(H,18,21)(H,19,20)/b9-8+. The average Bonchev–Trinajstić information content (AvgIpc) is 2.42. The molecule has 0 fully saturated rings. The molecule has 0 unspecified atom stereocenters. The van der Waals surface area contributed by atoms with Gasteiger partial charge in [0.15, 0.2) is 0 Å². The van der Waals surface area contributed by atoms with E-state index in [1.165, 1.54) is 6.08 Å². The molecule has 0 radical (unpaired) electrons. The Morgan fingerprint density at radius 3 is 2.57 bits per heavy atom. The molecule has 0 aliphatic carbocycles. The van der Waals surface area contributed by atoms with E-state index in [1.807, 2.05) is 0 Å². The molecule has 0 saturated carbocycles. The van der Waals surface area contributed by atoms with E-state index in [-0.39, 0.29) is 11.3 Å². The zero-order valence-electron chi connectivity index (χ0n) is 13.0. The quantitative estimate of drug-likeness (QED) is 0.790. The van der Waals surface area contributed by atoms with E-state index >= 15 is 0 Å². The first-order chi connectivity index (χ1) is 9.72. The molecule has 0 spiro atoms. The van der Waals surface area contributed by atoms with Crippen molar-refractivity contribution < 1.29 is 14.7 Å². The van der Waals surface area contributed by atoms with E-state index in [4.69, 9.17) is 5.11 Å². The second-order valence-electron chi connectivity index (χ2n) is 6.12. The fourth-order valence-corrected chi connectivity index (χ4v) is 1.57. The SMILES string of the molecule is CC(C)C(C)(C)CNC(=O)c1cccc(/C=C/C(=O)O)c1. The summed E-state index contributed by atoms with van der Waals surface area (Å²) in [5, 5.41) is 11.5. The van der Waals surface area contributed by atoms with Crippen molar-refractivity contribution in [3.05, 3.63) is 41.5 Å². The molecule has 0 saturated heterocycles. The molecule has 114 valence electrons. The largest absolute Gasteiger partial charge is 0.478 e. The maximum absolute atomic E-state index is 12.2. The Morgan fingerprint density at radius 1 is 1.33 bits per heavy atom. The lowest BCUT2D eigenvalue weighted by molar-refractivity contribution is -0.131. The number of hydrogen-bond acceptors (Lipinski definition) is 2. The third-order valence-corrected chi connectivity index (χ3v) is 3.83. The van der Waals surface area contributed by atoms with Gasteiger partial charge in [0.05, 0.1) is 0 Å². The number of rotatable bonds is 6. The van der Waals surface area contributed by atoms with Gasteiger partial charge in [-0.25, -0.2) is 4.79 Å². The third kappa shape index (κ3) is 5.42. The Bertz CT molecular complexity index is 545. The van der Waals surface area contributed by atoms with Crippen molar-refractivity contribution in [1.82, 2.24) is 5.32 Å². The number of carboxylic acids is 1. The van der Waals surface area contributed by atoms with E-state index in [1.54, 1.807) is 24.3 Å². The highest BCUT2D eigenvalue weighted by Crippen LogP contribution is 2.24. The molecule has 21 heavy (non-hydrogen) atoms. The lowest BCUT2D eigenvalue weighted by Gasteiger charge is -2.29. The van der Waals surface area contributed by atoms with Gasteiger partial charge in [-0.15, -0.1) is 0 Å². The summed E-state index contributed by atoms with van der Waals surface area (Å²) in [7, 11) is 0. The normalized spacial score (nSPS) is 11.9. The molecule has 1 aromatic carbocycles. The number of nitrogens with one attached hydrogen (secondary N) is 1. The Balaban J connectivity index is 2.75. The molecule has 1 aromatic rings. The van der Waals surface area contributed by atoms with Gasteiger partial charge in [0.2, 0.25) is 0 Å². The van der Waals surface area contributed by atoms with Crippen LogP contribution in [0.2, 0.25) is 0 Å². The molecule has 1 rings (SSSR count). The van der Waals surface area contributed by atoms with Crippen molar-refractivity contribution >= 4 is 18.0 Å². The highest BCUT2D eigenvalue weighted by molar-refractivity contribution is 5.95. The zero-order valence-corrected chi connectivity index (χ0v) is 13.0. The smallest absolute Gasteiger partial charge is 0.328 e. The molecule has 4 nitrogen and oxygen atoms in total. The first kappa shape index (κ1) is 17.0. The zero-order chi connectivity index (χ0) is 16.0. The Morgan fingerprint density at radius 2 is 2.00 bits per heavy atom. The van der Waals surface area contributed by atoms with Crippen molar-refractivity contribution in [2.75, 3.05) is 6.54 Å². The van der Waals surface area contributed by atoms with E-state index in [0.29, 0.717) is 23.6 Å². The number of hydrogen-bond donors (Lipinski definition) is 2. The van der Waals surface area contributed by atoms with Gasteiger partial charge in [-0.05, 0) is 35.1 Å². The maximum atomic E-state index is 12.2. The van der Waals surface area contributed by atoms with Gasteiger partial charge in [0.1, 0.15) is 0 Å². The fraction of sp³-hybridized carbons (Fsp3) is 0.412. The molecular formula is C17H23NO3. The van der Waals surface area contributed by atoms with Crippen LogP contribution in [0.15, 0.2) is 30.3 Å². The number of benzene rings is 1. The van der Waals surface area contributed by atoms with Crippen molar-refractivity contribution in [2.24, 2.45) is 11.3 Å². The summed E-state index contributed by atoms with van der Waals surface area (Å²) in [6.07, 6.45) is 2.52. The molecule has 2 N–H and O–H groups in total. The molecule has 4 heteroatoms. The summed E-state index contributed by atoms with van der Waals surface area (Å²) >= 11 is 0. The second-order valence-corrected chi connectivity index (χ2v) is 6.12. The number of aliphatic carboxylic acids is 1. The lowest BCUT2D eigenvalue weighted by Crippen LogP contribution is -2.36. The predicted octanol–water partition coefficient (Wildman–Crippen LogP) is 3.20. The molecule has 0 aliphatic heterocycles. The van der Waals surface area contributed by atoms with Gasteiger partial charge >= 0.3 is 5.97 Å². The maximum Gasteiger partial charge on any atom is 0.328 e. The minimum atomic E-state index is -1.01.